The van der Waals surface area contributed by atoms with E-state index in [-0.39, 0.29) is 24.0 Å². The monoisotopic (exact) mass is 553 g/mol. The first-order valence-electron chi connectivity index (χ1n) is 11.6. The zero-order chi connectivity index (χ0) is 28.3. The van der Waals surface area contributed by atoms with Crippen LogP contribution in [0.1, 0.15) is 11.3 Å². The number of imidazole rings is 2. The molecule has 5 N–H and O–H groups in total. The lowest BCUT2D eigenvalue weighted by molar-refractivity contribution is -0.137. The molecule has 0 saturated heterocycles. The Kier molecular flexibility index (Phi) is 7.05. The summed E-state index contributed by atoms with van der Waals surface area (Å²) in [5, 5.41) is 7.17. The van der Waals surface area contributed by atoms with Gasteiger partial charge in [0.25, 0.3) is 0 Å². The number of urea groups is 1. The zero-order valence-corrected chi connectivity index (χ0v) is 20.3. The van der Waals surface area contributed by atoms with Crippen LogP contribution >= 0.6 is 0 Å². The maximum Gasteiger partial charge on any atom is 0.416 e. The van der Waals surface area contributed by atoms with Crippen molar-refractivity contribution in [1.29, 1.82) is 0 Å². The number of fused-ring (bicyclic) bond motifs is 1. The number of hydrogen-bond acceptors (Lipinski definition) is 5. The van der Waals surface area contributed by atoms with E-state index in [1.807, 2.05) is 0 Å². The predicted octanol–water partition coefficient (Wildman–Crippen LogP) is 6.06. The number of carbonyl (C=O) groups is 2. The maximum absolute atomic E-state index is 13.9. The molecule has 0 aliphatic rings. The SMILES string of the molecule is O=C(Cc1cnc[nH]1)Nc1nc2ccc(Oc3ccc(NC(=O)Nc4cc(C(F)(F)F)ccc4F)cc3)cc2[nH]1. The van der Waals surface area contributed by atoms with Gasteiger partial charge in [0.2, 0.25) is 11.9 Å². The third-order valence-corrected chi connectivity index (χ3v) is 5.51. The Balaban J connectivity index is 1.18. The molecule has 2 heterocycles. The third kappa shape index (κ3) is 6.35. The summed E-state index contributed by atoms with van der Waals surface area (Å²) in [6.07, 6.45) is -1.53. The molecule has 2 aromatic heterocycles. The Hall–Kier alpha value is -5.40. The lowest BCUT2D eigenvalue weighted by Crippen LogP contribution is -2.20. The van der Waals surface area contributed by atoms with Crippen LogP contribution in [-0.4, -0.2) is 31.9 Å². The highest BCUT2D eigenvalue weighted by Crippen LogP contribution is 2.32. The highest BCUT2D eigenvalue weighted by atomic mass is 19.4. The molecule has 0 unspecified atom stereocenters. The fourth-order valence-corrected chi connectivity index (χ4v) is 3.67. The van der Waals surface area contributed by atoms with Gasteiger partial charge in [0, 0.05) is 23.6 Å². The molecule has 0 radical (unpaired) electrons. The van der Waals surface area contributed by atoms with Gasteiger partial charge in [-0.2, -0.15) is 13.2 Å². The minimum atomic E-state index is -4.68. The Bertz CT molecular complexity index is 1670. The number of rotatable bonds is 7. The normalized spacial score (nSPS) is 11.3. The summed E-state index contributed by atoms with van der Waals surface area (Å²) in [5.74, 6) is -0.131. The molecule has 14 heteroatoms. The molecule has 0 bridgehead atoms. The van der Waals surface area contributed by atoms with Crippen molar-refractivity contribution in [3.8, 4) is 11.5 Å². The van der Waals surface area contributed by atoms with Gasteiger partial charge < -0.3 is 25.3 Å². The average molecular weight is 553 g/mol. The summed E-state index contributed by atoms with van der Waals surface area (Å²) in [6, 6.07) is 12.0. The fourth-order valence-electron chi connectivity index (χ4n) is 3.67. The number of nitrogens with one attached hydrogen (secondary N) is 5. The van der Waals surface area contributed by atoms with Gasteiger partial charge in [0.15, 0.2) is 0 Å². The van der Waals surface area contributed by atoms with Crippen molar-refractivity contribution in [2.75, 3.05) is 16.0 Å². The number of anilines is 3. The van der Waals surface area contributed by atoms with Crippen LogP contribution < -0.4 is 20.7 Å². The average Bonchev–Trinajstić information content (AvgIpc) is 3.55. The van der Waals surface area contributed by atoms with Crippen molar-refractivity contribution in [1.82, 2.24) is 19.9 Å². The number of aromatic nitrogens is 4. The van der Waals surface area contributed by atoms with Crippen LogP contribution in [0.5, 0.6) is 11.5 Å². The van der Waals surface area contributed by atoms with Crippen molar-refractivity contribution in [2.24, 2.45) is 0 Å². The molecular weight excluding hydrogens is 534 g/mol. The molecule has 5 rings (SSSR count). The highest BCUT2D eigenvalue weighted by molar-refractivity contribution is 6.00. The highest BCUT2D eigenvalue weighted by Gasteiger charge is 2.31. The number of aromatic amines is 2. The molecule has 40 heavy (non-hydrogen) atoms. The van der Waals surface area contributed by atoms with Gasteiger partial charge in [-0.15, -0.1) is 0 Å². The quantitative estimate of drug-likeness (QED) is 0.156. The minimum absolute atomic E-state index is 0.111. The molecular formula is C26H19F4N7O3. The standard InChI is InChI=1S/C26H19F4N7O3/c27-19-7-1-14(26(28,29)30)9-21(19)36-25(39)33-15-2-4-17(5-3-15)40-18-6-8-20-22(11-18)35-24(34-20)37-23(38)10-16-12-31-13-32-16/h1-9,11-13H,10H2,(H,31,32)(H2,33,36,39)(H2,34,35,37,38). The van der Waals surface area contributed by atoms with Crippen molar-refractivity contribution in [3.05, 3.63) is 90.3 Å². The maximum atomic E-state index is 13.9. The van der Waals surface area contributed by atoms with E-state index in [4.69, 9.17) is 4.74 Å². The van der Waals surface area contributed by atoms with E-state index in [0.29, 0.717) is 46.4 Å². The number of carbonyl (C=O) groups excluding carboxylic acids is 2. The molecule has 5 aromatic rings. The summed E-state index contributed by atoms with van der Waals surface area (Å²) in [7, 11) is 0. The van der Waals surface area contributed by atoms with Gasteiger partial charge in [0.05, 0.1) is 35.0 Å². The van der Waals surface area contributed by atoms with Gasteiger partial charge in [-0.1, -0.05) is 0 Å². The molecule has 10 nitrogen and oxygen atoms in total. The second-order valence-corrected chi connectivity index (χ2v) is 8.46. The summed E-state index contributed by atoms with van der Waals surface area (Å²) >= 11 is 0. The van der Waals surface area contributed by atoms with Gasteiger partial charge in [-0.3, -0.25) is 10.1 Å². The number of hydrogen-bond donors (Lipinski definition) is 5. The van der Waals surface area contributed by atoms with Gasteiger partial charge in [-0.25, -0.2) is 19.2 Å². The molecule has 0 aliphatic heterocycles. The Morgan fingerprint density at radius 3 is 2.42 bits per heavy atom. The summed E-state index contributed by atoms with van der Waals surface area (Å²) in [5.41, 5.74) is 0.470. The fraction of sp³-hybridized carbons (Fsp3) is 0.0769. The number of amides is 3. The van der Waals surface area contributed by atoms with E-state index in [2.05, 4.69) is 35.9 Å². The second-order valence-electron chi connectivity index (χ2n) is 8.46. The smallest absolute Gasteiger partial charge is 0.416 e. The van der Waals surface area contributed by atoms with Crippen LogP contribution in [0.4, 0.5) is 39.7 Å². The first-order chi connectivity index (χ1) is 19.1. The lowest BCUT2D eigenvalue weighted by atomic mass is 10.2. The number of halogens is 4. The summed E-state index contributed by atoms with van der Waals surface area (Å²) in [4.78, 5) is 38.4. The molecule has 0 atom stereocenters. The summed E-state index contributed by atoms with van der Waals surface area (Å²) < 4.78 is 58.3. The zero-order valence-electron chi connectivity index (χ0n) is 20.3. The van der Waals surface area contributed by atoms with E-state index in [0.717, 1.165) is 0 Å². The molecule has 0 spiro atoms. The number of ether oxygens (including phenoxy) is 1. The first-order valence-corrected chi connectivity index (χ1v) is 11.6. The molecule has 204 valence electrons. The van der Waals surface area contributed by atoms with Gasteiger partial charge in [-0.05, 0) is 54.6 Å². The topological polar surface area (TPSA) is 137 Å². The van der Waals surface area contributed by atoms with E-state index in [1.165, 1.54) is 18.5 Å². The van der Waals surface area contributed by atoms with E-state index in [9.17, 15) is 27.2 Å². The van der Waals surface area contributed by atoms with Crippen LogP contribution in [0.2, 0.25) is 0 Å². The van der Waals surface area contributed by atoms with Crippen LogP contribution in [0.3, 0.4) is 0 Å². The minimum Gasteiger partial charge on any atom is -0.457 e. The van der Waals surface area contributed by atoms with Crippen LogP contribution in [0.25, 0.3) is 11.0 Å². The number of nitrogens with zero attached hydrogens (tertiary/aromatic N) is 2. The van der Waals surface area contributed by atoms with Crippen LogP contribution in [0, 0.1) is 5.82 Å². The van der Waals surface area contributed by atoms with Crippen molar-refractivity contribution < 1.29 is 31.9 Å². The molecule has 3 amide bonds. The molecule has 0 fully saturated rings. The van der Waals surface area contributed by atoms with Crippen molar-refractivity contribution >= 4 is 40.3 Å². The van der Waals surface area contributed by atoms with E-state index in [1.54, 1.807) is 36.5 Å². The Labute approximate surface area is 222 Å². The van der Waals surface area contributed by atoms with Crippen LogP contribution in [-0.2, 0) is 17.4 Å². The van der Waals surface area contributed by atoms with Crippen molar-refractivity contribution in [2.45, 2.75) is 12.6 Å². The largest absolute Gasteiger partial charge is 0.457 e. The van der Waals surface area contributed by atoms with E-state index >= 15 is 0 Å². The number of alkyl halides is 3. The molecule has 0 aliphatic carbocycles. The Morgan fingerprint density at radius 2 is 1.70 bits per heavy atom. The first kappa shape index (κ1) is 26.2. The van der Waals surface area contributed by atoms with Crippen molar-refractivity contribution in [3.63, 3.8) is 0 Å². The number of benzene rings is 3. The third-order valence-electron chi connectivity index (χ3n) is 5.51. The number of H-pyrrole nitrogens is 2. The van der Waals surface area contributed by atoms with Crippen LogP contribution in [0.15, 0.2) is 73.2 Å². The summed E-state index contributed by atoms with van der Waals surface area (Å²) in [6.45, 7) is 0. The van der Waals surface area contributed by atoms with Gasteiger partial charge in [0.1, 0.15) is 17.3 Å². The second kappa shape index (κ2) is 10.8. The van der Waals surface area contributed by atoms with E-state index < -0.39 is 29.3 Å². The predicted molar refractivity (Wildman–Crippen MR) is 138 cm³/mol. The van der Waals surface area contributed by atoms with Gasteiger partial charge >= 0.3 is 12.2 Å². The molecule has 3 aromatic carbocycles. The Morgan fingerprint density at radius 1 is 0.925 bits per heavy atom. The molecule has 0 saturated carbocycles. The lowest BCUT2D eigenvalue weighted by Gasteiger charge is -2.12.